The standard InChI is InChI=1S/C21H27N5O3S2/c1-13(2)12-26-18(14(3)29-17-8-6-16(28-5)7-9-17)24-25-21(26)31-15(4)19(27)23-20-22-10-11-30-20/h6-11,13-15H,12H2,1-5H3,(H,22,23,27). The van der Waals surface area contributed by atoms with Gasteiger partial charge in [-0.3, -0.25) is 4.79 Å². The Morgan fingerprint density at radius 1 is 1.16 bits per heavy atom. The van der Waals surface area contributed by atoms with Crippen molar-refractivity contribution in [3.05, 3.63) is 41.7 Å². The Kier molecular flexibility index (Phi) is 7.91. The summed E-state index contributed by atoms with van der Waals surface area (Å²) in [7, 11) is 1.63. The number of nitrogens with one attached hydrogen (secondary N) is 1. The van der Waals surface area contributed by atoms with Crippen LogP contribution < -0.4 is 14.8 Å². The van der Waals surface area contributed by atoms with Crippen molar-refractivity contribution >= 4 is 34.1 Å². The molecular weight excluding hydrogens is 434 g/mol. The van der Waals surface area contributed by atoms with Crippen LogP contribution in [0.25, 0.3) is 0 Å². The number of hydrogen-bond donors (Lipinski definition) is 1. The van der Waals surface area contributed by atoms with E-state index in [4.69, 9.17) is 9.47 Å². The van der Waals surface area contributed by atoms with Gasteiger partial charge in [-0.05, 0) is 44.0 Å². The van der Waals surface area contributed by atoms with Crippen molar-refractivity contribution in [3.8, 4) is 11.5 Å². The highest BCUT2D eigenvalue weighted by atomic mass is 32.2. The molecule has 2 aromatic heterocycles. The lowest BCUT2D eigenvalue weighted by molar-refractivity contribution is -0.115. The summed E-state index contributed by atoms with van der Waals surface area (Å²) in [5, 5.41) is 14.3. The Balaban J connectivity index is 1.74. The van der Waals surface area contributed by atoms with Crippen molar-refractivity contribution in [2.45, 2.75) is 50.8 Å². The SMILES string of the molecule is COc1ccc(OC(C)c2nnc(SC(C)C(=O)Nc3nccs3)n2CC(C)C)cc1. The van der Waals surface area contributed by atoms with Crippen molar-refractivity contribution < 1.29 is 14.3 Å². The summed E-state index contributed by atoms with van der Waals surface area (Å²) in [5.74, 6) is 2.47. The van der Waals surface area contributed by atoms with Gasteiger partial charge in [0.2, 0.25) is 5.91 Å². The average molecular weight is 462 g/mol. The number of anilines is 1. The summed E-state index contributed by atoms with van der Waals surface area (Å²) < 4.78 is 13.3. The number of benzene rings is 1. The third-order valence-corrected chi connectivity index (χ3v) is 6.11. The Labute approximate surface area is 190 Å². The molecule has 2 heterocycles. The molecule has 2 unspecified atom stereocenters. The van der Waals surface area contributed by atoms with Crippen LogP contribution in [0.2, 0.25) is 0 Å². The molecule has 2 atom stereocenters. The number of carbonyl (C=O) groups excluding carboxylic acids is 1. The minimum atomic E-state index is -0.357. The molecule has 0 aliphatic carbocycles. The van der Waals surface area contributed by atoms with Gasteiger partial charge < -0.3 is 19.4 Å². The molecule has 0 aliphatic heterocycles. The van der Waals surface area contributed by atoms with Gasteiger partial charge in [0.05, 0.1) is 12.4 Å². The summed E-state index contributed by atoms with van der Waals surface area (Å²) >= 11 is 2.76. The highest BCUT2D eigenvalue weighted by molar-refractivity contribution is 8.00. The van der Waals surface area contributed by atoms with Gasteiger partial charge in [-0.15, -0.1) is 21.5 Å². The van der Waals surface area contributed by atoms with Crippen LogP contribution in [0, 0.1) is 5.92 Å². The van der Waals surface area contributed by atoms with E-state index < -0.39 is 0 Å². The number of amides is 1. The fourth-order valence-corrected chi connectivity index (χ4v) is 4.24. The Morgan fingerprint density at radius 2 is 1.87 bits per heavy atom. The number of hydrogen-bond acceptors (Lipinski definition) is 8. The molecule has 1 N–H and O–H groups in total. The van der Waals surface area contributed by atoms with Crippen LogP contribution in [0.3, 0.4) is 0 Å². The molecule has 0 aliphatic rings. The zero-order chi connectivity index (χ0) is 22.4. The van der Waals surface area contributed by atoms with Crippen LogP contribution in [0.15, 0.2) is 41.0 Å². The largest absolute Gasteiger partial charge is 0.497 e. The Hall–Kier alpha value is -2.59. The summed E-state index contributed by atoms with van der Waals surface area (Å²) in [6, 6.07) is 7.42. The highest BCUT2D eigenvalue weighted by Gasteiger charge is 2.24. The predicted octanol–water partition coefficient (Wildman–Crippen LogP) is 4.66. The van der Waals surface area contributed by atoms with Gasteiger partial charge in [0.25, 0.3) is 0 Å². The Morgan fingerprint density at radius 3 is 2.48 bits per heavy atom. The van der Waals surface area contributed by atoms with Gasteiger partial charge in [0.1, 0.15) is 11.5 Å². The van der Waals surface area contributed by atoms with Crippen molar-refractivity contribution in [1.82, 2.24) is 19.7 Å². The zero-order valence-corrected chi connectivity index (χ0v) is 19.9. The fraction of sp³-hybridized carbons (Fsp3) is 0.429. The Bertz CT molecular complexity index is 974. The van der Waals surface area contributed by atoms with Crippen molar-refractivity contribution in [1.29, 1.82) is 0 Å². The van der Waals surface area contributed by atoms with Crippen LogP contribution >= 0.6 is 23.1 Å². The number of thiazole rings is 1. The predicted molar refractivity (Wildman–Crippen MR) is 123 cm³/mol. The zero-order valence-electron chi connectivity index (χ0n) is 18.2. The molecule has 0 radical (unpaired) electrons. The highest BCUT2D eigenvalue weighted by Crippen LogP contribution is 2.29. The molecule has 0 saturated heterocycles. The number of methoxy groups -OCH3 is 1. The molecule has 3 aromatic rings. The van der Waals surface area contributed by atoms with E-state index in [2.05, 4.69) is 34.3 Å². The number of aromatic nitrogens is 4. The number of ether oxygens (including phenoxy) is 2. The second-order valence-corrected chi connectivity index (χ2v) is 9.57. The van der Waals surface area contributed by atoms with E-state index in [0.29, 0.717) is 16.2 Å². The van der Waals surface area contributed by atoms with Gasteiger partial charge in [-0.1, -0.05) is 25.6 Å². The lowest BCUT2D eigenvalue weighted by Gasteiger charge is -2.18. The molecule has 0 fully saturated rings. The molecule has 1 amide bonds. The number of nitrogens with zero attached hydrogens (tertiary/aromatic N) is 4. The van der Waals surface area contributed by atoms with Crippen LogP contribution in [0.1, 0.15) is 39.6 Å². The van der Waals surface area contributed by atoms with Gasteiger partial charge in [-0.25, -0.2) is 4.98 Å². The monoisotopic (exact) mass is 461 g/mol. The molecule has 31 heavy (non-hydrogen) atoms. The van der Waals surface area contributed by atoms with E-state index >= 15 is 0 Å². The average Bonchev–Trinajstić information content (AvgIpc) is 3.38. The molecule has 166 valence electrons. The van der Waals surface area contributed by atoms with Gasteiger partial charge in [-0.2, -0.15) is 0 Å². The second-order valence-electron chi connectivity index (χ2n) is 7.37. The molecule has 0 saturated carbocycles. The lowest BCUT2D eigenvalue weighted by Crippen LogP contribution is -2.23. The van der Waals surface area contributed by atoms with Crippen molar-refractivity contribution in [2.24, 2.45) is 5.92 Å². The first kappa shape index (κ1) is 23.1. The molecule has 1 aromatic carbocycles. The third kappa shape index (κ3) is 6.20. The van der Waals surface area contributed by atoms with Gasteiger partial charge >= 0.3 is 0 Å². The third-order valence-electron chi connectivity index (χ3n) is 4.34. The first-order valence-corrected chi connectivity index (χ1v) is 11.7. The minimum absolute atomic E-state index is 0.122. The molecule has 8 nitrogen and oxygen atoms in total. The summed E-state index contributed by atoms with van der Waals surface area (Å²) in [6.07, 6.45) is 1.35. The smallest absolute Gasteiger partial charge is 0.239 e. The van der Waals surface area contributed by atoms with E-state index in [-0.39, 0.29) is 17.3 Å². The number of carbonyl (C=O) groups is 1. The van der Waals surface area contributed by atoms with Crippen molar-refractivity contribution in [3.63, 3.8) is 0 Å². The van der Waals surface area contributed by atoms with E-state index in [1.54, 1.807) is 13.3 Å². The van der Waals surface area contributed by atoms with E-state index in [0.717, 1.165) is 23.9 Å². The minimum Gasteiger partial charge on any atom is -0.497 e. The maximum absolute atomic E-state index is 12.5. The maximum Gasteiger partial charge on any atom is 0.239 e. The number of thioether (sulfide) groups is 1. The number of rotatable bonds is 10. The topological polar surface area (TPSA) is 91.2 Å². The van der Waals surface area contributed by atoms with Crippen LogP contribution in [-0.2, 0) is 11.3 Å². The van der Waals surface area contributed by atoms with Crippen LogP contribution in [0.5, 0.6) is 11.5 Å². The second kappa shape index (κ2) is 10.6. The fourth-order valence-electron chi connectivity index (χ4n) is 2.84. The van der Waals surface area contributed by atoms with E-state index in [1.165, 1.54) is 23.1 Å². The van der Waals surface area contributed by atoms with E-state index in [1.807, 2.05) is 48.1 Å². The molecular formula is C21H27N5O3S2. The van der Waals surface area contributed by atoms with Crippen molar-refractivity contribution in [2.75, 3.05) is 12.4 Å². The molecule has 0 spiro atoms. The molecule has 3 rings (SSSR count). The first-order valence-electron chi connectivity index (χ1n) is 9.98. The molecule has 10 heteroatoms. The van der Waals surface area contributed by atoms with Crippen LogP contribution in [-0.4, -0.2) is 38.0 Å². The van der Waals surface area contributed by atoms with E-state index in [9.17, 15) is 4.79 Å². The van der Waals surface area contributed by atoms with Crippen LogP contribution in [0.4, 0.5) is 5.13 Å². The summed E-state index contributed by atoms with van der Waals surface area (Å²) in [4.78, 5) is 16.6. The maximum atomic E-state index is 12.5. The quantitative estimate of drug-likeness (QED) is 0.439. The van der Waals surface area contributed by atoms with Gasteiger partial charge in [0.15, 0.2) is 22.2 Å². The lowest BCUT2D eigenvalue weighted by atomic mass is 10.2. The summed E-state index contributed by atoms with van der Waals surface area (Å²) in [5.41, 5.74) is 0. The first-order chi connectivity index (χ1) is 14.9. The van der Waals surface area contributed by atoms with Gasteiger partial charge in [0, 0.05) is 18.1 Å². The normalized spacial score (nSPS) is 13.1. The summed E-state index contributed by atoms with van der Waals surface area (Å²) in [6.45, 7) is 8.77. The molecule has 0 bridgehead atoms.